The van der Waals surface area contributed by atoms with Crippen molar-refractivity contribution in [2.75, 3.05) is 13.8 Å². The van der Waals surface area contributed by atoms with E-state index in [1.807, 2.05) is 0 Å². The Morgan fingerprint density at radius 3 is 2.31 bits per heavy atom. The van der Waals surface area contributed by atoms with E-state index in [9.17, 15) is 0 Å². The maximum atomic E-state index is 5.11. The van der Waals surface area contributed by atoms with Crippen molar-refractivity contribution in [1.29, 1.82) is 0 Å². The van der Waals surface area contributed by atoms with Crippen LogP contribution in [0, 0.1) is 0 Å². The third kappa shape index (κ3) is 4.92. The Morgan fingerprint density at radius 2 is 1.81 bits per heavy atom. The maximum Gasteiger partial charge on any atom is 0.0966 e. The largest absolute Gasteiger partial charge is 0.370 e. The average molecular weight is 237 g/mol. The van der Waals surface area contributed by atoms with Gasteiger partial charge in [-0.1, -0.05) is 50.0 Å². The van der Waals surface area contributed by atoms with Crippen LogP contribution in [-0.4, -0.2) is 21.9 Å². The lowest BCUT2D eigenvalue weighted by Gasteiger charge is -2.25. The number of methoxy groups -OCH3 is 1. The molecule has 1 rings (SSSR count). The smallest absolute Gasteiger partial charge is 0.0966 e. The summed E-state index contributed by atoms with van der Waals surface area (Å²) in [5.41, 5.74) is 1.36. The average Bonchev–Trinajstić information content (AvgIpc) is 2.24. The van der Waals surface area contributed by atoms with Gasteiger partial charge in [0.25, 0.3) is 0 Å². The van der Waals surface area contributed by atoms with Crippen molar-refractivity contribution in [3.05, 3.63) is 35.9 Å². The highest BCUT2D eigenvalue weighted by molar-refractivity contribution is 6.76. The zero-order valence-electron chi connectivity index (χ0n) is 10.8. The quantitative estimate of drug-likeness (QED) is 0.606. The van der Waals surface area contributed by atoms with Crippen LogP contribution in [0.2, 0.25) is 25.7 Å². The van der Waals surface area contributed by atoms with E-state index >= 15 is 0 Å². The maximum absolute atomic E-state index is 5.11. The monoisotopic (exact) mass is 237 g/mol. The van der Waals surface area contributed by atoms with Gasteiger partial charge >= 0.3 is 0 Å². The van der Waals surface area contributed by atoms with Gasteiger partial charge in [0, 0.05) is 21.2 Å². The van der Waals surface area contributed by atoms with Crippen molar-refractivity contribution in [3.63, 3.8) is 0 Å². The first-order valence-corrected chi connectivity index (χ1v) is 9.51. The van der Waals surface area contributed by atoms with Gasteiger partial charge in [0.1, 0.15) is 0 Å². The van der Waals surface area contributed by atoms with E-state index in [4.69, 9.17) is 4.74 Å². The van der Waals surface area contributed by atoms with E-state index < -0.39 is 8.07 Å². The van der Waals surface area contributed by atoms with Crippen LogP contribution in [0.15, 0.2) is 30.3 Å². The zero-order valence-corrected chi connectivity index (χ0v) is 11.8. The lowest BCUT2D eigenvalue weighted by Crippen LogP contribution is -2.31. The molecule has 0 saturated heterocycles. The summed E-state index contributed by atoms with van der Waals surface area (Å²) in [6.45, 7) is 7.82. The fourth-order valence-electron chi connectivity index (χ4n) is 1.79. The molecule has 0 heterocycles. The lowest BCUT2D eigenvalue weighted by molar-refractivity contribution is 0.165. The van der Waals surface area contributed by atoms with Gasteiger partial charge in [-0.05, 0) is 11.6 Å². The Kier molecular flexibility index (Phi) is 5.18. The molecular formula is C13H23NOSi. The van der Waals surface area contributed by atoms with Gasteiger partial charge in [0.05, 0.1) is 6.73 Å². The fraction of sp³-hybridized carbons (Fsp3) is 0.538. The minimum atomic E-state index is -1.07. The summed E-state index contributed by atoms with van der Waals surface area (Å²) >= 11 is 0. The molecule has 16 heavy (non-hydrogen) atoms. The number of nitrogens with one attached hydrogen (secondary N) is 1. The number of benzene rings is 1. The molecule has 0 amide bonds. The molecule has 1 unspecified atom stereocenters. The molecule has 0 aromatic heterocycles. The minimum absolute atomic E-state index is 0.424. The molecule has 3 heteroatoms. The molecule has 0 spiro atoms. The molecule has 0 aliphatic heterocycles. The summed E-state index contributed by atoms with van der Waals surface area (Å²) < 4.78 is 5.11. The number of hydrogen-bond donors (Lipinski definition) is 1. The summed E-state index contributed by atoms with van der Waals surface area (Å²) in [7, 11) is 0.655. The second-order valence-corrected chi connectivity index (χ2v) is 10.9. The Balaban J connectivity index is 2.71. The Bertz CT molecular complexity index is 295. The summed E-state index contributed by atoms with van der Waals surface area (Å²) in [5, 5.41) is 3.45. The summed E-state index contributed by atoms with van der Waals surface area (Å²) in [4.78, 5) is 0. The molecule has 1 aromatic carbocycles. The van der Waals surface area contributed by atoms with E-state index in [0.29, 0.717) is 12.8 Å². The SMILES string of the molecule is COCNC(C[Si](C)(C)C)c1ccccc1. The molecule has 1 aromatic rings. The van der Waals surface area contributed by atoms with E-state index in [2.05, 4.69) is 55.3 Å². The van der Waals surface area contributed by atoms with E-state index in [-0.39, 0.29) is 0 Å². The number of hydrogen-bond acceptors (Lipinski definition) is 2. The Hall–Kier alpha value is -0.643. The highest BCUT2D eigenvalue weighted by Crippen LogP contribution is 2.23. The van der Waals surface area contributed by atoms with E-state index in [1.54, 1.807) is 7.11 Å². The molecule has 90 valence electrons. The molecule has 0 saturated carbocycles. The van der Waals surface area contributed by atoms with Crippen molar-refractivity contribution in [3.8, 4) is 0 Å². The van der Waals surface area contributed by atoms with Crippen LogP contribution >= 0.6 is 0 Å². The molecule has 0 bridgehead atoms. The molecule has 0 aliphatic rings. The predicted octanol–water partition coefficient (Wildman–Crippen LogP) is 3.26. The highest BCUT2D eigenvalue weighted by Gasteiger charge is 2.21. The summed E-state index contributed by atoms with van der Waals surface area (Å²) in [6, 6.07) is 12.3. The predicted molar refractivity (Wildman–Crippen MR) is 72.3 cm³/mol. The molecular weight excluding hydrogens is 214 g/mol. The molecule has 0 radical (unpaired) electrons. The molecule has 1 atom stereocenters. The van der Waals surface area contributed by atoms with Gasteiger partial charge in [-0.25, -0.2) is 0 Å². The van der Waals surface area contributed by atoms with Crippen molar-refractivity contribution in [2.24, 2.45) is 0 Å². The van der Waals surface area contributed by atoms with Crippen LogP contribution in [0.4, 0.5) is 0 Å². The molecule has 2 nitrogen and oxygen atoms in total. The van der Waals surface area contributed by atoms with Gasteiger partial charge < -0.3 is 4.74 Å². The van der Waals surface area contributed by atoms with Crippen molar-refractivity contribution >= 4 is 8.07 Å². The van der Waals surface area contributed by atoms with Gasteiger partial charge in [0.15, 0.2) is 0 Å². The van der Waals surface area contributed by atoms with Crippen LogP contribution in [0.3, 0.4) is 0 Å². The van der Waals surface area contributed by atoms with Crippen LogP contribution in [0.1, 0.15) is 11.6 Å². The molecule has 0 fully saturated rings. The van der Waals surface area contributed by atoms with Gasteiger partial charge in [-0.2, -0.15) is 0 Å². The molecule has 0 aliphatic carbocycles. The van der Waals surface area contributed by atoms with Gasteiger partial charge in [-0.15, -0.1) is 0 Å². The summed E-state index contributed by atoms with van der Waals surface area (Å²) in [5.74, 6) is 0. The normalized spacial score (nSPS) is 13.8. The number of ether oxygens (including phenoxy) is 1. The zero-order chi connectivity index (χ0) is 12.0. The minimum Gasteiger partial charge on any atom is -0.370 e. The van der Waals surface area contributed by atoms with Crippen molar-refractivity contribution in [1.82, 2.24) is 5.32 Å². The van der Waals surface area contributed by atoms with E-state index in [1.165, 1.54) is 11.6 Å². The Labute approximate surface area is 100 Å². The fourth-order valence-corrected chi connectivity index (χ4v) is 3.39. The topological polar surface area (TPSA) is 21.3 Å². The highest BCUT2D eigenvalue weighted by atomic mass is 28.3. The second kappa shape index (κ2) is 6.18. The third-order valence-electron chi connectivity index (χ3n) is 2.49. The summed E-state index contributed by atoms with van der Waals surface area (Å²) in [6.07, 6.45) is 0. The van der Waals surface area contributed by atoms with Crippen LogP contribution in [0.25, 0.3) is 0 Å². The first-order valence-electron chi connectivity index (χ1n) is 5.80. The third-order valence-corrected chi connectivity index (χ3v) is 4.13. The first-order chi connectivity index (χ1) is 7.53. The van der Waals surface area contributed by atoms with Crippen LogP contribution in [0.5, 0.6) is 0 Å². The van der Waals surface area contributed by atoms with Crippen LogP contribution < -0.4 is 5.32 Å². The molecule has 1 N–H and O–H groups in total. The van der Waals surface area contributed by atoms with Crippen molar-refractivity contribution < 1.29 is 4.74 Å². The van der Waals surface area contributed by atoms with Gasteiger partial charge in [0.2, 0.25) is 0 Å². The van der Waals surface area contributed by atoms with E-state index in [0.717, 1.165) is 0 Å². The van der Waals surface area contributed by atoms with Gasteiger partial charge in [-0.3, -0.25) is 5.32 Å². The lowest BCUT2D eigenvalue weighted by atomic mass is 10.1. The second-order valence-electron chi connectivity index (χ2n) is 5.37. The van der Waals surface area contributed by atoms with Crippen LogP contribution in [-0.2, 0) is 4.74 Å². The first kappa shape index (κ1) is 13.4. The number of rotatable bonds is 6. The van der Waals surface area contributed by atoms with Crippen molar-refractivity contribution in [2.45, 2.75) is 31.7 Å². The standard InChI is InChI=1S/C13H23NOSi/c1-15-11-14-13(10-16(2,3)4)12-8-6-5-7-9-12/h5-9,13-14H,10-11H2,1-4H3. The Morgan fingerprint density at radius 1 is 1.19 bits per heavy atom.